The van der Waals surface area contributed by atoms with Crippen molar-refractivity contribution in [2.45, 2.75) is 38.5 Å². The van der Waals surface area contributed by atoms with Gasteiger partial charge in [0.25, 0.3) is 0 Å². The van der Waals surface area contributed by atoms with Gasteiger partial charge in [-0.3, -0.25) is 4.99 Å². The molecular formula is C19H31IN4O3. The Morgan fingerprint density at radius 1 is 1.30 bits per heavy atom. The Labute approximate surface area is 178 Å². The highest BCUT2D eigenvalue weighted by molar-refractivity contribution is 14.0. The van der Waals surface area contributed by atoms with E-state index in [4.69, 9.17) is 9.47 Å². The molecule has 0 radical (unpaired) electrons. The number of aliphatic imine (C=N–C) groups is 1. The number of rotatable bonds is 5. The number of nitrogens with one attached hydrogen (secondary N) is 2. The number of carbonyl (C=O) groups is 1. The van der Waals surface area contributed by atoms with E-state index in [1.807, 2.05) is 51.1 Å². The number of amides is 1. The van der Waals surface area contributed by atoms with E-state index >= 15 is 0 Å². The number of likely N-dealkylation sites (tertiary alicyclic amines) is 1. The lowest BCUT2D eigenvalue weighted by molar-refractivity contribution is 0.00699. The molecule has 1 heterocycles. The van der Waals surface area contributed by atoms with Crippen molar-refractivity contribution in [1.29, 1.82) is 0 Å². The smallest absolute Gasteiger partial charge is 0.410 e. The van der Waals surface area contributed by atoms with E-state index in [1.165, 1.54) is 0 Å². The van der Waals surface area contributed by atoms with E-state index < -0.39 is 5.60 Å². The summed E-state index contributed by atoms with van der Waals surface area (Å²) in [6.07, 6.45) is -0.337. The van der Waals surface area contributed by atoms with Gasteiger partial charge >= 0.3 is 6.09 Å². The van der Waals surface area contributed by atoms with Crippen LogP contribution < -0.4 is 10.6 Å². The van der Waals surface area contributed by atoms with Gasteiger partial charge in [-0.2, -0.15) is 0 Å². The van der Waals surface area contributed by atoms with E-state index in [2.05, 4.69) is 15.6 Å². The predicted octanol–water partition coefficient (Wildman–Crippen LogP) is 2.78. The topological polar surface area (TPSA) is 75.2 Å². The van der Waals surface area contributed by atoms with Crippen molar-refractivity contribution < 1.29 is 14.3 Å². The van der Waals surface area contributed by atoms with E-state index in [0.29, 0.717) is 25.6 Å². The quantitative estimate of drug-likeness (QED) is 0.377. The highest BCUT2D eigenvalue weighted by atomic mass is 127. The molecule has 0 spiro atoms. The third kappa shape index (κ3) is 7.53. The zero-order chi connectivity index (χ0) is 19.2. The van der Waals surface area contributed by atoms with E-state index in [1.54, 1.807) is 19.1 Å². The summed E-state index contributed by atoms with van der Waals surface area (Å²) in [6.45, 7) is 7.40. The summed E-state index contributed by atoms with van der Waals surface area (Å²) >= 11 is 0. The largest absolute Gasteiger partial charge is 0.444 e. The van der Waals surface area contributed by atoms with Crippen LogP contribution in [-0.4, -0.2) is 62.4 Å². The van der Waals surface area contributed by atoms with Crippen LogP contribution in [0, 0.1) is 0 Å². The molecule has 7 nitrogen and oxygen atoms in total. The van der Waals surface area contributed by atoms with Crippen LogP contribution in [0.1, 0.15) is 32.4 Å². The summed E-state index contributed by atoms with van der Waals surface area (Å²) in [5, 5.41) is 6.60. The standard InChI is InChI=1S/C19H30N4O3.HI/c1-19(2,3)26-18(24)23-12-15(13-23)22-17(20-4)21-11-16(25-5)14-9-7-6-8-10-14;/h6-10,15-16H,11-13H2,1-5H3,(H2,20,21,22);1H. The Morgan fingerprint density at radius 2 is 1.93 bits per heavy atom. The van der Waals surface area contributed by atoms with Gasteiger partial charge in [0.15, 0.2) is 5.96 Å². The lowest BCUT2D eigenvalue weighted by Gasteiger charge is -2.40. The molecule has 0 saturated carbocycles. The van der Waals surface area contributed by atoms with Gasteiger partial charge in [-0.25, -0.2) is 4.79 Å². The van der Waals surface area contributed by atoms with Gasteiger partial charge in [-0.05, 0) is 26.3 Å². The highest BCUT2D eigenvalue weighted by Gasteiger charge is 2.34. The van der Waals surface area contributed by atoms with Crippen LogP contribution in [0.2, 0.25) is 0 Å². The summed E-state index contributed by atoms with van der Waals surface area (Å²) in [5.41, 5.74) is 0.637. The van der Waals surface area contributed by atoms with Gasteiger partial charge in [-0.15, -0.1) is 24.0 Å². The van der Waals surface area contributed by atoms with E-state index in [-0.39, 0.29) is 42.2 Å². The van der Waals surface area contributed by atoms with Crippen LogP contribution in [0.15, 0.2) is 35.3 Å². The number of hydrogen-bond donors (Lipinski definition) is 2. The minimum atomic E-state index is -0.472. The Kier molecular flexibility index (Phi) is 9.31. The third-order valence-corrected chi connectivity index (χ3v) is 4.01. The Balaban J connectivity index is 0.00000364. The second-order valence-corrected chi connectivity index (χ2v) is 7.31. The van der Waals surface area contributed by atoms with Crippen LogP contribution in [0.3, 0.4) is 0 Å². The first kappa shape index (κ1) is 23.5. The molecule has 1 aliphatic heterocycles. The zero-order valence-electron chi connectivity index (χ0n) is 16.7. The molecule has 0 aromatic heterocycles. The van der Waals surface area contributed by atoms with Gasteiger partial charge < -0.3 is 25.0 Å². The molecule has 1 amide bonds. The summed E-state index contributed by atoms with van der Waals surface area (Å²) in [5.74, 6) is 0.691. The first-order chi connectivity index (χ1) is 12.3. The van der Waals surface area contributed by atoms with Crippen LogP contribution in [-0.2, 0) is 9.47 Å². The van der Waals surface area contributed by atoms with Crippen molar-refractivity contribution in [1.82, 2.24) is 15.5 Å². The summed E-state index contributed by atoms with van der Waals surface area (Å²) in [4.78, 5) is 17.9. The first-order valence-electron chi connectivity index (χ1n) is 8.85. The summed E-state index contributed by atoms with van der Waals surface area (Å²) < 4.78 is 10.9. The van der Waals surface area contributed by atoms with E-state index in [9.17, 15) is 4.79 Å². The maximum absolute atomic E-state index is 12.0. The van der Waals surface area contributed by atoms with Gasteiger partial charge in [0.2, 0.25) is 0 Å². The van der Waals surface area contributed by atoms with E-state index in [0.717, 1.165) is 5.56 Å². The number of benzene rings is 1. The lowest BCUT2D eigenvalue weighted by Crippen LogP contribution is -2.63. The van der Waals surface area contributed by atoms with Gasteiger partial charge in [0, 0.05) is 33.8 Å². The van der Waals surface area contributed by atoms with Crippen molar-refractivity contribution in [3.05, 3.63) is 35.9 Å². The fourth-order valence-electron chi connectivity index (χ4n) is 2.63. The van der Waals surface area contributed by atoms with Crippen molar-refractivity contribution in [3.8, 4) is 0 Å². The van der Waals surface area contributed by atoms with Gasteiger partial charge in [-0.1, -0.05) is 30.3 Å². The zero-order valence-corrected chi connectivity index (χ0v) is 19.0. The third-order valence-electron chi connectivity index (χ3n) is 4.01. The molecule has 0 aliphatic carbocycles. The Bertz CT molecular complexity index is 613. The van der Waals surface area contributed by atoms with Crippen LogP contribution in [0.5, 0.6) is 0 Å². The summed E-state index contributed by atoms with van der Waals surface area (Å²) in [6, 6.07) is 10.2. The minimum Gasteiger partial charge on any atom is -0.444 e. The maximum atomic E-state index is 12.0. The van der Waals surface area contributed by atoms with Crippen molar-refractivity contribution in [3.63, 3.8) is 0 Å². The molecule has 1 unspecified atom stereocenters. The molecule has 1 fully saturated rings. The molecule has 0 bridgehead atoms. The number of nitrogens with zero attached hydrogens (tertiary/aromatic N) is 2. The number of carbonyl (C=O) groups excluding carboxylic acids is 1. The molecule has 8 heteroatoms. The molecule has 1 aliphatic rings. The average molecular weight is 490 g/mol. The van der Waals surface area contributed by atoms with Crippen molar-refractivity contribution in [2.24, 2.45) is 4.99 Å². The molecule has 2 rings (SSSR count). The Morgan fingerprint density at radius 3 is 2.44 bits per heavy atom. The monoisotopic (exact) mass is 490 g/mol. The normalized spacial score (nSPS) is 16.0. The molecule has 27 heavy (non-hydrogen) atoms. The van der Waals surface area contributed by atoms with Crippen LogP contribution >= 0.6 is 24.0 Å². The lowest BCUT2D eigenvalue weighted by atomic mass is 10.1. The van der Waals surface area contributed by atoms with Crippen molar-refractivity contribution >= 4 is 36.0 Å². The molecular weight excluding hydrogens is 459 g/mol. The van der Waals surface area contributed by atoms with Crippen molar-refractivity contribution in [2.75, 3.05) is 33.8 Å². The number of halogens is 1. The fraction of sp³-hybridized carbons (Fsp3) is 0.579. The summed E-state index contributed by atoms with van der Waals surface area (Å²) in [7, 11) is 3.42. The predicted molar refractivity (Wildman–Crippen MR) is 118 cm³/mol. The van der Waals surface area contributed by atoms with Gasteiger partial charge in [0.05, 0.1) is 12.1 Å². The SMILES string of the molecule is CN=C(NCC(OC)c1ccccc1)NC1CN(C(=O)OC(C)(C)C)C1.I. The molecule has 1 aromatic rings. The first-order valence-corrected chi connectivity index (χ1v) is 8.85. The maximum Gasteiger partial charge on any atom is 0.410 e. The molecule has 152 valence electrons. The minimum absolute atomic E-state index is 0. The molecule has 1 atom stereocenters. The second kappa shape index (κ2) is 10.7. The molecule has 1 aromatic carbocycles. The van der Waals surface area contributed by atoms with Crippen LogP contribution in [0.4, 0.5) is 4.79 Å². The molecule has 1 saturated heterocycles. The van der Waals surface area contributed by atoms with Crippen LogP contribution in [0.25, 0.3) is 0 Å². The molecule has 2 N–H and O–H groups in total. The second-order valence-electron chi connectivity index (χ2n) is 7.31. The number of methoxy groups -OCH3 is 1. The van der Waals surface area contributed by atoms with Gasteiger partial charge in [0.1, 0.15) is 5.60 Å². The highest BCUT2D eigenvalue weighted by Crippen LogP contribution is 2.16. The number of guanidine groups is 1. The Hall–Kier alpha value is -1.55. The number of hydrogen-bond acceptors (Lipinski definition) is 4. The number of ether oxygens (including phenoxy) is 2. The average Bonchev–Trinajstić information content (AvgIpc) is 2.55. The fourth-order valence-corrected chi connectivity index (χ4v) is 2.63.